The summed E-state index contributed by atoms with van der Waals surface area (Å²) >= 11 is 0. The summed E-state index contributed by atoms with van der Waals surface area (Å²) < 4.78 is 9.71. The minimum Gasteiger partial charge on any atom is -0.463 e. The van der Waals surface area contributed by atoms with Gasteiger partial charge in [-0.3, -0.25) is 0 Å². The number of nitrogens with zero attached hydrogens (tertiary/aromatic N) is 3. The van der Waals surface area contributed by atoms with Crippen LogP contribution in [0.1, 0.15) is 33.3 Å². The molecule has 2 aromatic rings. The SMILES string of the molecule is COC(=O)c1nc(C)cc(NCc2c(C)noc2C)n1. The third-order valence-electron chi connectivity index (χ3n) is 2.85. The molecule has 7 nitrogen and oxygen atoms in total. The summed E-state index contributed by atoms with van der Waals surface area (Å²) in [4.78, 5) is 19.6. The molecule has 0 saturated carbocycles. The van der Waals surface area contributed by atoms with Crippen molar-refractivity contribution in [2.45, 2.75) is 27.3 Å². The van der Waals surface area contributed by atoms with E-state index in [0.29, 0.717) is 18.1 Å². The molecule has 0 aliphatic carbocycles. The van der Waals surface area contributed by atoms with Crippen LogP contribution in [0, 0.1) is 20.8 Å². The molecule has 0 spiro atoms. The fraction of sp³-hybridized carbons (Fsp3) is 0.385. The number of hydrogen-bond donors (Lipinski definition) is 1. The van der Waals surface area contributed by atoms with Crippen molar-refractivity contribution in [1.82, 2.24) is 15.1 Å². The predicted molar refractivity (Wildman–Crippen MR) is 71.4 cm³/mol. The maximum Gasteiger partial charge on any atom is 0.376 e. The molecule has 0 bridgehead atoms. The number of esters is 1. The van der Waals surface area contributed by atoms with E-state index in [1.807, 2.05) is 13.8 Å². The van der Waals surface area contributed by atoms with Gasteiger partial charge in [0.25, 0.3) is 0 Å². The number of rotatable bonds is 4. The molecule has 0 unspecified atom stereocenters. The summed E-state index contributed by atoms with van der Waals surface area (Å²) in [7, 11) is 1.30. The van der Waals surface area contributed by atoms with Crippen LogP contribution in [-0.4, -0.2) is 28.2 Å². The summed E-state index contributed by atoms with van der Waals surface area (Å²) in [6, 6.07) is 1.75. The number of anilines is 1. The largest absolute Gasteiger partial charge is 0.463 e. The maximum absolute atomic E-state index is 11.5. The molecule has 0 atom stereocenters. The van der Waals surface area contributed by atoms with Crippen LogP contribution < -0.4 is 5.32 Å². The van der Waals surface area contributed by atoms with E-state index in [-0.39, 0.29) is 5.82 Å². The van der Waals surface area contributed by atoms with Crippen LogP contribution in [0.3, 0.4) is 0 Å². The number of aromatic nitrogens is 3. The van der Waals surface area contributed by atoms with Gasteiger partial charge in [0, 0.05) is 23.9 Å². The lowest BCUT2D eigenvalue weighted by atomic mass is 10.2. The van der Waals surface area contributed by atoms with Crippen LogP contribution in [0.4, 0.5) is 5.82 Å². The van der Waals surface area contributed by atoms with Crippen LogP contribution in [0.15, 0.2) is 10.6 Å². The van der Waals surface area contributed by atoms with Gasteiger partial charge in [0.1, 0.15) is 11.6 Å². The highest BCUT2D eigenvalue weighted by Gasteiger charge is 2.13. The monoisotopic (exact) mass is 276 g/mol. The first-order valence-electron chi connectivity index (χ1n) is 6.11. The van der Waals surface area contributed by atoms with Crippen molar-refractivity contribution in [2.24, 2.45) is 0 Å². The van der Waals surface area contributed by atoms with Gasteiger partial charge in [0.2, 0.25) is 5.82 Å². The molecular formula is C13H16N4O3. The minimum atomic E-state index is -0.561. The first-order chi connectivity index (χ1) is 9.51. The molecule has 0 aromatic carbocycles. The molecule has 0 amide bonds. The van der Waals surface area contributed by atoms with Gasteiger partial charge in [-0.2, -0.15) is 0 Å². The molecule has 1 N–H and O–H groups in total. The van der Waals surface area contributed by atoms with Gasteiger partial charge >= 0.3 is 5.97 Å². The molecule has 20 heavy (non-hydrogen) atoms. The van der Waals surface area contributed by atoms with Crippen molar-refractivity contribution in [3.63, 3.8) is 0 Å². The van der Waals surface area contributed by atoms with Crippen LogP contribution >= 0.6 is 0 Å². The zero-order chi connectivity index (χ0) is 14.7. The van der Waals surface area contributed by atoms with Crippen LogP contribution in [0.25, 0.3) is 0 Å². The lowest BCUT2D eigenvalue weighted by Gasteiger charge is -2.07. The normalized spacial score (nSPS) is 10.4. The fourth-order valence-corrected chi connectivity index (χ4v) is 1.77. The Morgan fingerprint density at radius 1 is 1.35 bits per heavy atom. The summed E-state index contributed by atoms with van der Waals surface area (Å²) in [5.74, 6) is 0.787. The number of hydrogen-bond acceptors (Lipinski definition) is 7. The van der Waals surface area contributed by atoms with Crippen molar-refractivity contribution in [1.29, 1.82) is 0 Å². The van der Waals surface area contributed by atoms with E-state index in [2.05, 4.69) is 25.2 Å². The zero-order valence-corrected chi connectivity index (χ0v) is 11.9. The van der Waals surface area contributed by atoms with E-state index in [4.69, 9.17) is 4.52 Å². The summed E-state index contributed by atoms with van der Waals surface area (Å²) in [6.07, 6.45) is 0. The molecule has 0 aliphatic heterocycles. The van der Waals surface area contributed by atoms with E-state index in [0.717, 1.165) is 17.0 Å². The number of carbonyl (C=O) groups excluding carboxylic acids is 1. The highest BCUT2D eigenvalue weighted by Crippen LogP contribution is 2.15. The molecular weight excluding hydrogens is 260 g/mol. The van der Waals surface area contributed by atoms with Gasteiger partial charge in [-0.15, -0.1) is 0 Å². The quantitative estimate of drug-likeness (QED) is 0.851. The van der Waals surface area contributed by atoms with Crippen molar-refractivity contribution in [3.8, 4) is 0 Å². The van der Waals surface area contributed by atoms with E-state index in [1.54, 1.807) is 13.0 Å². The summed E-state index contributed by atoms with van der Waals surface area (Å²) in [6.45, 7) is 6.02. The van der Waals surface area contributed by atoms with Gasteiger partial charge in [-0.25, -0.2) is 14.8 Å². The Balaban J connectivity index is 2.17. The van der Waals surface area contributed by atoms with Gasteiger partial charge in [0.05, 0.1) is 12.8 Å². The summed E-state index contributed by atoms with van der Waals surface area (Å²) in [5, 5.41) is 7.01. The average Bonchev–Trinajstić information content (AvgIpc) is 2.74. The Bertz CT molecular complexity index is 617. The lowest BCUT2D eigenvalue weighted by molar-refractivity contribution is 0.0586. The second-order valence-corrected chi connectivity index (χ2v) is 4.37. The molecule has 2 heterocycles. The molecule has 106 valence electrons. The third kappa shape index (κ3) is 2.93. The summed E-state index contributed by atoms with van der Waals surface area (Å²) in [5.41, 5.74) is 2.48. The first kappa shape index (κ1) is 14.0. The smallest absolute Gasteiger partial charge is 0.376 e. The standard InChI is InChI=1S/C13H16N4O3/c1-7-5-11(16-12(15-7)13(18)19-4)14-6-10-8(2)17-20-9(10)3/h5H,6H2,1-4H3,(H,14,15,16). The molecule has 2 aromatic heterocycles. The highest BCUT2D eigenvalue weighted by atomic mass is 16.5. The Labute approximate surface area is 116 Å². The lowest BCUT2D eigenvalue weighted by Crippen LogP contribution is -2.11. The Morgan fingerprint density at radius 3 is 2.70 bits per heavy atom. The van der Waals surface area contributed by atoms with Crippen molar-refractivity contribution in [3.05, 3.63) is 34.6 Å². The molecule has 2 rings (SSSR count). The second-order valence-electron chi connectivity index (χ2n) is 4.37. The van der Waals surface area contributed by atoms with Crippen LogP contribution in [0.5, 0.6) is 0 Å². The number of nitrogens with one attached hydrogen (secondary N) is 1. The molecule has 0 aliphatic rings. The van der Waals surface area contributed by atoms with Gasteiger partial charge in [-0.1, -0.05) is 5.16 Å². The van der Waals surface area contributed by atoms with Gasteiger partial charge in [0.15, 0.2) is 0 Å². The average molecular weight is 276 g/mol. The molecule has 7 heteroatoms. The third-order valence-corrected chi connectivity index (χ3v) is 2.85. The fourth-order valence-electron chi connectivity index (χ4n) is 1.77. The van der Waals surface area contributed by atoms with E-state index in [9.17, 15) is 4.79 Å². The van der Waals surface area contributed by atoms with Gasteiger partial charge in [-0.05, 0) is 20.8 Å². The highest BCUT2D eigenvalue weighted by molar-refractivity contribution is 5.85. The molecule has 0 radical (unpaired) electrons. The Morgan fingerprint density at radius 2 is 2.10 bits per heavy atom. The number of ether oxygens (including phenoxy) is 1. The zero-order valence-electron chi connectivity index (χ0n) is 11.9. The number of carbonyl (C=O) groups is 1. The molecule has 0 saturated heterocycles. The predicted octanol–water partition coefficient (Wildman–Crippen LogP) is 1.79. The number of methoxy groups -OCH3 is 1. The van der Waals surface area contributed by atoms with Crippen molar-refractivity contribution >= 4 is 11.8 Å². The minimum absolute atomic E-state index is 0.0359. The maximum atomic E-state index is 11.5. The van der Waals surface area contributed by atoms with Crippen molar-refractivity contribution < 1.29 is 14.1 Å². The number of aryl methyl sites for hydroxylation is 3. The van der Waals surface area contributed by atoms with Crippen LogP contribution in [0.2, 0.25) is 0 Å². The topological polar surface area (TPSA) is 90.1 Å². The van der Waals surface area contributed by atoms with Crippen LogP contribution in [-0.2, 0) is 11.3 Å². The van der Waals surface area contributed by atoms with E-state index < -0.39 is 5.97 Å². The van der Waals surface area contributed by atoms with Gasteiger partial charge < -0.3 is 14.6 Å². The second kappa shape index (κ2) is 5.68. The van der Waals surface area contributed by atoms with E-state index >= 15 is 0 Å². The van der Waals surface area contributed by atoms with E-state index in [1.165, 1.54) is 7.11 Å². The Kier molecular flexibility index (Phi) is 3.97. The molecule has 0 fully saturated rings. The Hall–Kier alpha value is -2.44. The first-order valence-corrected chi connectivity index (χ1v) is 6.11. The van der Waals surface area contributed by atoms with Crippen molar-refractivity contribution in [2.75, 3.05) is 12.4 Å².